The Morgan fingerprint density at radius 1 is 1.24 bits per heavy atom. The van der Waals surface area contributed by atoms with Gasteiger partial charge in [-0.2, -0.15) is 4.68 Å². The molecular formula is C16H19N5O3S. The third-order valence-corrected chi connectivity index (χ3v) is 5.16. The van der Waals surface area contributed by atoms with Gasteiger partial charge in [0.2, 0.25) is 11.1 Å². The van der Waals surface area contributed by atoms with Gasteiger partial charge in [0.1, 0.15) is 0 Å². The molecule has 1 fully saturated rings. The third-order valence-electron chi connectivity index (χ3n) is 4.26. The summed E-state index contributed by atoms with van der Waals surface area (Å²) in [5, 5.41) is 21.0. The highest BCUT2D eigenvalue weighted by molar-refractivity contribution is 7.99. The summed E-state index contributed by atoms with van der Waals surface area (Å²) >= 11 is 1.28. The van der Waals surface area contributed by atoms with Crippen molar-refractivity contribution >= 4 is 23.6 Å². The summed E-state index contributed by atoms with van der Waals surface area (Å²) in [6, 6.07) is 6.26. The number of amides is 1. The topological polar surface area (TPSA) is 101 Å². The molecule has 0 atom stereocenters. The monoisotopic (exact) mass is 361 g/mol. The first-order valence-corrected chi connectivity index (χ1v) is 9.06. The molecule has 2 aromatic rings. The van der Waals surface area contributed by atoms with Crippen molar-refractivity contribution in [3.05, 3.63) is 29.8 Å². The number of hydrogen-bond acceptors (Lipinski definition) is 6. The van der Waals surface area contributed by atoms with Crippen LogP contribution in [-0.4, -0.2) is 60.9 Å². The van der Waals surface area contributed by atoms with Gasteiger partial charge in [-0.3, -0.25) is 4.79 Å². The van der Waals surface area contributed by atoms with Gasteiger partial charge in [0.05, 0.1) is 17.0 Å². The van der Waals surface area contributed by atoms with Crippen LogP contribution in [0.5, 0.6) is 0 Å². The molecule has 1 N–H and O–H groups in total. The molecule has 0 saturated carbocycles. The first-order chi connectivity index (χ1) is 12.0. The van der Waals surface area contributed by atoms with Crippen molar-refractivity contribution in [3.63, 3.8) is 0 Å². The van der Waals surface area contributed by atoms with Gasteiger partial charge in [0.25, 0.3) is 0 Å². The van der Waals surface area contributed by atoms with E-state index in [0.717, 1.165) is 25.9 Å². The highest BCUT2D eigenvalue weighted by Gasteiger charge is 2.21. The minimum Gasteiger partial charge on any atom is -0.478 e. The summed E-state index contributed by atoms with van der Waals surface area (Å²) in [4.78, 5) is 25.1. The fraction of sp³-hybridized carbons (Fsp3) is 0.438. The van der Waals surface area contributed by atoms with E-state index in [4.69, 9.17) is 5.11 Å². The third kappa shape index (κ3) is 4.16. The quantitative estimate of drug-likeness (QED) is 0.809. The largest absolute Gasteiger partial charge is 0.478 e. The maximum atomic E-state index is 12.3. The van der Waals surface area contributed by atoms with E-state index in [-0.39, 0.29) is 17.2 Å². The van der Waals surface area contributed by atoms with Crippen molar-refractivity contribution in [1.82, 2.24) is 25.1 Å². The van der Waals surface area contributed by atoms with Crippen LogP contribution in [0, 0.1) is 5.92 Å². The van der Waals surface area contributed by atoms with E-state index in [9.17, 15) is 9.59 Å². The van der Waals surface area contributed by atoms with Crippen molar-refractivity contribution in [1.29, 1.82) is 0 Å². The van der Waals surface area contributed by atoms with Gasteiger partial charge in [0.15, 0.2) is 0 Å². The molecule has 9 heteroatoms. The molecule has 3 rings (SSSR count). The number of piperidine rings is 1. The summed E-state index contributed by atoms with van der Waals surface area (Å²) in [5.41, 5.74) is 0.845. The zero-order valence-corrected chi connectivity index (χ0v) is 14.6. The molecule has 1 aromatic heterocycles. The van der Waals surface area contributed by atoms with E-state index in [2.05, 4.69) is 22.4 Å². The molecule has 0 spiro atoms. The second-order valence-electron chi connectivity index (χ2n) is 6.08. The van der Waals surface area contributed by atoms with E-state index in [0.29, 0.717) is 16.8 Å². The SMILES string of the molecule is CC1CCN(C(=O)CSc2nnnn2-c2ccc(C(=O)O)cc2)CC1. The number of tetrazole rings is 1. The number of benzene rings is 1. The summed E-state index contributed by atoms with van der Waals surface area (Å²) in [6.07, 6.45) is 2.09. The second kappa shape index (κ2) is 7.64. The number of rotatable bonds is 5. The molecule has 25 heavy (non-hydrogen) atoms. The summed E-state index contributed by atoms with van der Waals surface area (Å²) < 4.78 is 1.50. The number of thioether (sulfide) groups is 1. The smallest absolute Gasteiger partial charge is 0.335 e. The van der Waals surface area contributed by atoms with Gasteiger partial charge in [0, 0.05) is 13.1 Å². The molecule has 0 bridgehead atoms. The highest BCUT2D eigenvalue weighted by Crippen LogP contribution is 2.21. The van der Waals surface area contributed by atoms with E-state index >= 15 is 0 Å². The predicted octanol–water partition coefficient (Wildman–Crippen LogP) is 1.71. The summed E-state index contributed by atoms with van der Waals surface area (Å²) in [5.74, 6) is 0.0619. The molecule has 1 aromatic carbocycles. The summed E-state index contributed by atoms with van der Waals surface area (Å²) in [6.45, 7) is 3.82. The van der Waals surface area contributed by atoms with Crippen LogP contribution in [0.15, 0.2) is 29.4 Å². The van der Waals surface area contributed by atoms with E-state index in [1.54, 1.807) is 12.1 Å². The van der Waals surface area contributed by atoms with Crippen LogP contribution in [0.3, 0.4) is 0 Å². The molecule has 1 amide bonds. The number of aromatic nitrogens is 4. The fourth-order valence-electron chi connectivity index (χ4n) is 2.65. The highest BCUT2D eigenvalue weighted by atomic mass is 32.2. The lowest BCUT2D eigenvalue weighted by Gasteiger charge is -2.30. The second-order valence-corrected chi connectivity index (χ2v) is 7.02. The molecule has 1 aliphatic rings. The van der Waals surface area contributed by atoms with E-state index < -0.39 is 5.97 Å². The summed E-state index contributed by atoms with van der Waals surface area (Å²) in [7, 11) is 0. The molecular weight excluding hydrogens is 342 g/mol. The van der Waals surface area contributed by atoms with Gasteiger partial charge < -0.3 is 10.0 Å². The van der Waals surface area contributed by atoms with Crippen LogP contribution < -0.4 is 0 Å². The minimum atomic E-state index is -0.987. The molecule has 8 nitrogen and oxygen atoms in total. The average Bonchev–Trinajstić information content (AvgIpc) is 3.09. The Morgan fingerprint density at radius 2 is 1.92 bits per heavy atom. The Morgan fingerprint density at radius 3 is 2.56 bits per heavy atom. The zero-order valence-electron chi connectivity index (χ0n) is 13.8. The molecule has 132 valence electrons. The molecule has 1 saturated heterocycles. The number of carboxylic acid groups (broad SMARTS) is 1. The fourth-order valence-corrected chi connectivity index (χ4v) is 3.45. The maximum Gasteiger partial charge on any atom is 0.335 e. The molecule has 0 radical (unpaired) electrons. The Balaban J connectivity index is 1.63. The maximum absolute atomic E-state index is 12.3. The first kappa shape index (κ1) is 17.4. The number of hydrogen-bond donors (Lipinski definition) is 1. The van der Waals surface area contributed by atoms with Gasteiger partial charge in [-0.25, -0.2) is 4.79 Å². The number of nitrogens with zero attached hydrogens (tertiary/aromatic N) is 5. The predicted molar refractivity (Wildman–Crippen MR) is 91.8 cm³/mol. The Kier molecular flexibility index (Phi) is 5.32. The molecule has 2 heterocycles. The Hall–Kier alpha value is -2.42. The van der Waals surface area contributed by atoms with Crippen molar-refractivity contribution in [2.24, 2.45) is 5.92 Å². The van der Waals surface area contributed by atoms with Crippen LogP contribution in [0.4, 0.5) is 0 Å². The normalized spacial score (nSPS) is 15.3. The van der Waals surface area contributed by atoms with Crippen molar-refractivity contribution in [2.45, 2.75) is 24.9 Å². The first-order valence-electron chi connectivity index (χ1n) is 8.07. The van der Waals surface area contributed by atoms with Gasteiger partial charge in [-0.1, -0.05) is 18.7 Å². The molecule has 0 unspecified atom stereocenters. The van der Waals surface area contributed by atoms with E-state index in [1.807, 2.05) is 4.90 Å². The van der Waals surface area contributed by atoms with Gasteiger partial charge in [-0.15, -0.1) is 5.10 Å². The van der Waals surface area contributed by atoms with Crippen molar-refractivity contribution in [3.8, 4) is 5.69 Å². The molecule has 0 aliphatic carbocycles. The number of likely N-dealkylation sites (tertiary alicyclic amines) is 1. The Labute approximate surface area is 149 Å². The van der Waals surface area contributed by atoms with Crippen LogP contribution in [0.1, 0.15) is 30.1 Å². The van der Waals surface area contributed by atoms with Gasteiger partial charge in [-0.05, 0) is 53.5 Å². The van der Waals surface area contributed by atoms with Crippen molar-refractivity contribution < 1.29 is 14.7 Å². The number of carbonyl (C=O) groups excluding carboxylic acids is 1. The average molecular weight is 361 g/mol. The number of carboxylic acids is 1. The van der Waals surface area contributed by atoms with Crippen LogP contribution >= 0.6 is 11.8 Å². The zero-order chi connectivity index (χ0) is 17.8. The molecule has 1 aliphatic heterocycles. The lowest BCUT2D eigenvalue weighted by Crippen LogP contribution is -2.38. The standard InChI is InChI=1S/C16H19N5O3S/c1-11-6-8-20(9-7-11)14(22)10-25-16-17-18-19-21(16)13-4-2-12(3-5-13)15(23)24/h2-5,11H,6-10H2,1H3,(H,23,24). The van der Waals surface area contributed by atoms with Crippen LogP contribution in [-0.2, 0) is 4.79 Å². The van der Waals surface area contributed by atoms with Crippen molar-refractivity contribution in [2.75, 3.05) is 18.8 Å². The number of aromatic carboxylic acids is 1. The Bertz CT molecular complexity index is 753. The van der Waals surface area contributed by atoms with Gasteiger partial charge >= 0.3 is 5.97 Å². The number of carbonyl (C=O) groups is 2. The van der Waals surface area contributed by atoms with E-state index in [1.165, 1.54) is 28.6 Å². The lowest BCUT2D eigenvalue weighted by molar-refractivity contribution is -0.129. The van der Waals surface area contributed by atoms with Crippen LogP contribution in [0.2, 0.25) is 0 Å². The lowest BCUT2D eigenvalue weighted by atomic mass is 9.99. The minimum absolute atomic E-state index is 0.0904. The van der Waals surface area contributed by atoms with Crippen LogP contribution in [0.25, 0.3) is 5.69 Å².